The molecule has 8 nitrogen and oxygen atoms in total. The summed E-state index contributed by atoms with van der Waals surface area (Å²) in [6.07, 6.45) is 4.83. The average molecular weight is 515 g/mol. The number of rotatable bonds is 5. The Labute approximate surface area is 217 Å². The van der Waals surface area contributed by atoms with Crippen molar-refractivity contribution in [3.63, 3.8) is 0 Å². The number of allylic oxidation sites excluding steroid dienone is 1. The summed E-state index contributed by atoms with van der Waals surface area (Å²) in [5.41, 5.74) is 14.9. The first-order valence-corrected chi connectivity index (χ1v) is 13.3. The fourth-order valence-corrected chi connectivity index (χ4v) is 6.25. The molecule has 5 rings (SSSR count). The van der Waals surface area contributed by atoms with Crippen molar-refractivity contribution in [1.29, 1.82) is 0 Å². The van der Waals surface area contributed by atoms with Crippen molar-refractivity contribution in [2.75, 3.05) is 44.7 Å². The van der Waals surface area contributed by atoms with Crippen LogP contribution in [0.5, 0.6) is 0 Å². The van der Waals surface area contributed by atoms with Gasteiger partial charge in [-0.3, -0.25) is 9.79 Å². The summed E-state index contributed by atoms with van der Waals surface area (Å²) in [5.74, 6) is 0.0659. The van der Waals surface area contributed by atoms with Crippen molar-refractivity contribution >= 4 is 23.4 Å². The van der Waals surface area contributed by atoms with Gasteiger partial charge in [0, 0.05) is 67.7 Å². The highest BCUT2D eigenvalue weighted by atomic mass is 19.3. The van der Waals surface area contributed by atoms with Gasteiger partial charge in [0.05, 0.1) is 5.57 Å². The molecule has 1 unspecified atom stereocenters. The highest BCUT2D eigenvalue weighted by Gasteiger charge is 2.42. The van der Waals surface area contributed by atoms with Gasteiger partial charge in [0.2, 0.25) is 5.91 Å². The van der Waals surface area contributed by atoms with Gasteiger partial charge in [-0.2, -0.15) is 0 Å². The standard InChI is InChI=1S/C27H37F2N7O/c1-17(37)34-11-7-24-23(16-34)27(33-36(24)20-5-8-32-9-6-20)35-10-3-4-18-12-21(19(14-30)15-31-2)22(26(28)29)13-25(18)35/h12-15,20,26-27,32-33H,3-11,16,30H2,1-2H3/p+1/b19-14+,31-15?. The Bertz CT molecular complexity index is 1130. The topological polar surface area (TPSA) is 90.8 Å². The second kappa shape index (κ2) is 10.8. The lowest BCUT2D eigenvalue weighted by atomic mass is 9.91. The minimum atomic E-state index is -2.63. The van der Waals surface area contributed by atoms with Crippen molar-refractivity contribution in [3.8, 4) is 0 Å². The van der Waals surface area contributed by atoms with Crippen LogP contribution >= 0.6 is 0 Å². The van der Waals surface area contributed by atoms with E-state index in [1.165, 1.54) is 17.5 Å². The lowest BCUT2D eigenvalue weighted by Crippen LogP contribution is -2.63. The minimum absolute atomic E-state index is 0.0229. The highest BCUT2D eigenvalue weighted by molar-refractivity contribution is 6.07. The molecule has 1 aromatic rings. The molecule has 37 heavy (non-hydrogen) atoms. The molecule has 0 bridgehead atoms. The number of fused-ring (bicyclic) bond motifs is 1. The van der Waals surface area contributed by atoms with Gasteiger partial charge in [0.15, 0.2) is 6.21 Å². The average Bonchev–Trinajstić information content (AvgIpc) is 3.29. The fraction of sp³-hybridized carbons (Fsp3) is 0.556. The molecule has 0 aromatic heterocycles. The van der Waals surface area contributed by atoms with Gasteiger partial charge in [-0.15, -0.1) is 0 Å². The second-order valence-corrected chi connectivity index (χ2v) is 10.3. The van der Waals surface area contributed by atoms with Crippen LogP contribution in [-0.4, -0.2) is 74.0 Å². The van der Waals surface area contributed by atoms with E-state index in [4.69, 9.17) is 5.73 Å². The van der Waals surface area contributed by atoms with Crippen molar-refractivity contribution < 1.29 is 18.6 Å². The summed E-state index contributed by atoms with van der Waals surface area (Å²) in [5, 5.41) is 5.78. The number of nitrogens with zero attached hydrogens (tertiary/aromatic N) is 3. The van der Waals surface area contributed by atoms with Gasteiger partial charge in [0.1, 0.15) is 13.2 Å². The van der Waals surface area contributed by atoms with E-state index in [1.807, 2.05) is 11.0 Å². The number of nitrogens with two attached hydrogens (primary N) is 1. The molecule has 0 saturated carbocycles. The lowest BCUT2D eigenvalue weighted by molar-refractivity contribution is -0.412. The van der Waals surface area contributed by atoms with Crippen LogP contribution in [0.15, 0.2) is 29.6 Å². The van der Waals surface area contributed by atoms with Crippen LogP contribution in [0.2, 0.25) is 0 Å². The Kier molecular flexibility index (Phi) is 7.48. The quantitative estimate of drug-likeness (QED) is 0.436. The molecule has 1 amide bonds. The number of halogens is 2. The predicted molar refractivity (Wildman–Crippen MR) is 141 cm³/mol. The molecule has 1 aromatic carbocycles. The van der Waals surface area contributed by atoms with Gasteiger partial charge in [-0.25, -0.2) is 14.2 Å². The number of carbonyl (C=O) groups is 1. The summed E-state index contributed by atoms with van der Waals surface area (Å²) in [6.45, 7) is 5.59. The highest BCUT2D eigenvalue weighted by Crippen LogP contribution is 2.41. The third kappa shape index (κ3) is 4.84. The first-order valence-electron chi connectivity index (χ1n) is 13.3. The van der Waals surface area contributed by atoms with Crippen LogP contribution in [-0.2, 0) is 11.2 Å². The number of alkyl halides is 2. The zero-order chi connectivity index (χ0) is 26.1. The lowest BCUT2D eigenvalue weighted by Gasteiger charge is -2.40. The Hall–Kier alpha value is -2.98. The molecule has 5 N–H and O–H groups in total. The Balaban J connectivity index is 1.55. The Morgan fingerprint density at radius 1 is 1.22 bits per heavy atom. The molecule has 0 aliphatic carbocycles. The van der Waals surface area contributed by atoms with E-state index in [0.717, 1.165) is 63.0 Å². The zero-order valence-electron chi connectivity index (χ0n) is 21.7. The molecule has 1 fully saturated rings. The molecule has 0 radical (unpaired) electrons. The number of benzene rings is 1. The zero-order valence-corrected chi connectivity index (χ0v) is 21.7. The maximum atomic E-state index is 14.3. The molecular formula is C27H38F2N7O+. The fourth-order valence-electron chi connectivity index (χ4n) is 6.25. The predicted octanol–water partition coefficient (Wildman–Crippen LogP) is 0.862. The van der Waals surface area contributed by atoms with Gasteiger partial charge >= 0.3 is 0 Å². The Morgan fingerprint density at radius 2 is 2.00 bits per heavy atom. The number of amides is 1. The van der Waals surface area contributed by atoms with Crippen molar-refractivity contribution in [3.05, 3.63) is 46.3 Å². The number of anilines is 1. The van der Waals surface area contributed by atoms with E-state index in [1.54, 1.807) is 26.3 Å². The SMILES string of the molecule is C[NH+]=C/C(=C\N)c1cc2c(cc1C(F)F)N(C1NN(C3CCNCC3)C3=C1CN(C(C)=O)CC3)CCC2. The summed E-state index contributed by atoms with van der Waals surface area (Å²) in [4.78, 5) is 19.3. The first kappa shape index (κ1) is 25.7. The van der Waals surface area contributed by atoms with E-state index in [-0.39, 0.29) is 17.6 Å². The van der Waals surface area contributed by atoms with E-state index in [0.29, 0.717) is 30.3 Å². The molecule has 1 saturated heterocycles. The van der Waals surface area contributed by atoms with E-state index < -0.39 is 6.43 Å². The van der Waals surface area contributed by atoms with Crippen LogP contribution in [0.4, 0.5) is 14.5 Å². The van der Waals surface area contributed by atoms with Crippen molar-refractivity contribution in [2.45, 2.75) is 57.7 Å². The number of hydrogen-bond acceptors (Lipinski definition) is 6. The molecule has 4 aliphatic heterocycles. The molecule has 1 atom stereocenters. The maximum Gasteiger partial charge on any atom is 0.264 e. The number of nitrogens with one attached hydrogen (secondary N) is 3. The minimum Gasteiger partial charge on any atom is -0.404 e. The first-order chi connectivity index (χ1) is 17.9. The molecule has 0 spiro atoms. The Morgan fingerprint density at radius 3 is 2.68 bits per heavy atom. The van der Waals surface area contributed by atoms with Gasteiger partial charge in [-0.05, 0) is 62.0 Å². The van der Waals surface area contributed by atoms with Crippen molar-refractivity contribution in [1.82, 2.24) is 20.7 Å². The molecule has 4 heterocycles. The van der Waals surface area contributed by atoms with Crippen LogP contribution in [0.3, 0.4) is 0 Å². The largest absolute Gasteiger partial charge is 0.404 e. The summed E-state index contributed by atoms with van der Waals surface area (Å²) in [7, 11) is 1.73. The van der Waals surface area contributed by atoms with Crippen molar-refractivity contribution in [2.24, 2.45) is 5.73 Å². The third-order valence-corrected chi connectivity index (χ3v) is 8.09. The maximum absolute atomic E-state index is 14.3. The second-order valence-electron chi connectivity index (χ2n) is 10.3. The van der Waals surface area contributed by atoms with Crippen LogP contribution < -0.4 is 26.4 Å². The monoisotopic (exact) mass is 514 g/mol. The van der Waals surface area contributed by atoms with Gasteiger partial charge in [0.25, 0.3) is 6.43 Å². The molecular weight excluding hydrogens is 476 g/mol. The number of hydrazine groups is 1. The smallest absolute Gasteiger partial charge is 0.264 e. The van der Waals surface area contributed by atoms with E-state index >= 15 is 0 Å². The number of hydrogen-bond donors (Lipinski definition) is 4. The van der Waals surface area contributed by atoms with Gasteiger partial charge in [-0.1, -0.05) is 0 Å². The number of aryl methyl sites for hydroxylation is 1. The van der Waals surface area contributed by atoms with Crippen LogP contribution in [0.1, 0.15) is 55.7 Å². The molecule has 200 valence electrons. The summed E-state index contributed by atoms with van der Waals surface area (Å²) < 4.78 is 28.7. The summed E-state index contributed by atoms with van der Waals surface area (Å²) in [6, 6.07) is 3.91. The van der Waals surface area contributed by atoms with E-state index in [9.17, 15) is 13.6 Å². The van der Waals surface area contributed by atoms with Crippen LogP contribution in [0, 0.1) is 0 Å². The van der Waals surface area contributed by atoms with Crippen LogP contribution in [0.25, 0.3) is 5.57 Å². The molecule has 4 aliphatic rings. The number of carbonyl (C=O) groups excluding carboxylic acids is 1. The third-order valence-electron chi connectivity index (χ3n) is 8.09. The summed E-state index contributed by atoms with van der Waals surface area (Å²) >= 11 is 0. The molecule has 10 heteroatoms. The van der Waals surface area contributed by atoms with E-state index in [2.05, 4.69) is 25.6 Å². The normalized spacial score (nSPS) is 23.3. The van der Waals surface area contributed by atoms with Gasteiger partial charge < -0.3 is 25.9 Å². The number of piperidine rings is 1.